The third kappa shape index (κ3) is 1.05. The highest BCUT2D eigenvalue weighted by molar-refractivity contribution is 5.64. The number of aliphatic imine (C=N–C) groups is 1. The first-order valence-electron chi connectivity index (χ1n) is 4.01. The van der Waals surface area contributed by atoms with E-state index in [9.17, 15) is 0 Å². The zero-order chi connectivity index (χ0) is 7.84. The lowest BCUT2D eigenvalue weighted by molar-refractivity contribution is 0.343. The molecule has 0 aromatic heterocycles. The Morgan fingerprint density at radius 3 is 3.36 bits per heavy atom. The molecule has 0 fully saturated rings. The van der Waals surface area contributed by atoms with Gasteiger partial charge in [0.25, 0.3) is 0 Å². The van der Waals surface area contributed by atoms with Gasteiger partial charge < -0.3 is 0 Å². The van der Waals surface area contributed by atoms with Crippen LogP contribution in [0.15, 0.2) is 16.4 Å². The van der Waals surface area contributed by atoms with Crippen molar-refractivity contribution in [2.24, 2.45) is 10.9 Å². The van der Waals surface area contributed by atoms with Gasteiger partial charge in [0, 0.05) is 19.8 Å². The lowest BCUT2D eigenvalue weighted by Crippen LogP contribution is -2.26. The second-order valence-electron chi connectivity index (χ2n) is 3.28. The number of nitrogens with zero attached hydrogens (tertiary/aromatic N) is 2. The summed E-state index contributed by atoms with van der Waals surface area (Å²) in [6.45, 7) is 3.18. The van der Waals surface area contributed by atoms with Crippen LogP contribution in [0.2, 0.25) is 0 Å². The molecule has 1 N–H and O–H groups in total. The summed E-state index contributed by atoms with van der Waals surface area (Å²) in [6.07, 6.45) is 3.19. The Morgan fingerprint density at radius 2 is 2.55 bits per heavy atom. The summed E-state index contributed by atoms with van der Waals surface area (Å²) in [5.41, 5.74) is 4.67. The van der Waals surface area contributed by atoms with Crippen LogP contribution in [0.3, 0.4) is 0 Å². The van der Waals surface area contributed by atoms with Crippen LogP contribution in [0.4, 0.5) is 0 Å². The SMILES string of the molecule is CC1C=NC2=C(CNN2C)C1. The van der Waals surface area contributed by atoms with Crippen LogP contribution in [-0.2, 0) is 0 Å². The van der Waals surface area contributed by atoms with Crippen LogP contribution in [0.5, 0.6) is 0 Å². The molecule has 0 aliphatic carbocycles. The van der Waals surface area contributed by atoms with Gasteiger partial charge in [-0.2, -0.15) is 0 Å². The van der Waals surface area contributed by atoms with E-state index in [0.29, 0.717) is 5.92 Å². The van der Waals surface area contributed by atoms with E-state index in [1.54, 1.807) is 0 Å². The topological polar surface area (TPSA) is 27.6 Å². The summed E-state index contributed by atoms with van der Waals surface area (Å²) in [7, 11) is 2.01. The van der Waals surface area contributed by atoms with E-state index in [-0.39, 0.29) is 0 Å². The second-order valence-corrected chi connectivity index (χ2v) is 3.28. The average molecular weight is 151 g/mol. The summed E-state index contributed by atoms with van der Waals surface area (Å²) in [6, 6.07) is 0. The zero-order valence-corrected chi connectivity index (χ0v) is 6.96. The van der Waals surface area contributed by atoms with Crippen molar-refractivity contribution in [1.82, 2.24) is 10.4 Å². The van der Waals surface area contributed by atoms with Crippen LogP contribution < -0.4 is 5.43 Å². The smallest absolute Gasteiger partial charge is 0.142 e. The van der Waals surface area contributed by atoms with E-state index >= 15 is 0 Å². The summed E-state index contributed by atoms with van der Waals surface area (Å²) in [4.78, 5) is 4.37. The lowest BCUT2D eigenvalue weighted by atomic mass is 10.0. The van der Waals surface area contributed by atoms with Crippen LogP contribution >= 0.6 is 0 Å². The molecular weight excluding hydrogens is 138 g/mol. The first kappa shape index (κ1) is 6.85. The third-order valence-electron chi connectivity index (χ3n) is 2.18. The Bertz CT molecular complexity index is 229. The highest BCUT2D eigenvalue weighted by atomic mass is 15.5. The van der Waals surface area contributed by atoms with Gasteiger partial charge in [-0.25, -0.2) is 10.4 Å². The van der Waals surface area contributed by atoms with Crippen molar-refractivity contribution in [3.8, 4) is 0 Å². The molecule has 2 heterocycles. The molecule has 0 bridgehead atoms. The first-order valence-corrected chi connectivity index (χ1v) is 4.01. The lowest BCUT2D eigenvalue weighted by Gasteiger charge is -2.16. The van der Waals surface area contributed by atoms with Gasteiger partial charge in [0.2, 0.25) is 0 Å². The molecular formula is C8H13N3. The van der Waals surface area contributed by atoms with Gasteiger partial charge in [-0.15, -0.1) is 0 Å². The zero-order valence-electron chi connectivity index (χ0n) is 6.96. The maximum Gasteiger partial charge on any atom is 0.142 e. The molecule has 11 heavy (non-hydrogen) atoms. The summed E-state index contributed by atoms with van der Waals surface area (Å²) < 4.78 is 0. The molecule has 1 unspecified atom stereocenters. The van der Waals surface area contributed by atoms with Crippen molar-refractivity contribution >= 4 is 6.21 Å². The minimum atomic E-state index is 0.613. The van der Waals surface area contributed by atoms with Gasteiger partial charge in [-0.05, 0) is 17.9 Å². The molecule has 0 amide bonds. The van der Waals surface area contributed by atoms with E-state index < -0.39 is 0 Å². The largest absolute Gasteiger partial charge is 0.295 e. The number of hydrogen-bond donors (Lipinski definition) is 1. The van der Waals surface area contributed by atoms with Crippen LogP contribution in [-0.4, -0.2) is 24.8 Å². The predicted molar refractivity (Wildman–Crippen MR) is 45.1 cm³/mol. The van der Waals surface area contributed by atoms with E-state index in [1.807, 2.05) is 18.3 Å². The predicted octanol–water partition coefficient (Wildman–Crippen LogP) is 0.759. The molecule has 3 heteroatoms. The van der Waals surface area contributed by atoms with E-state index in [1.165, 1.54) is 5.57 Å². The minimum Gasteiger partial charge on any atom is -0.295 e. The monoisotopic (exact) mass is 151 g/mol. The van der Waals surface area contributed by atoms with Gasteiger partial charge in [-0.1, -0.05) is 6.92 Å². The Hall–Kier alpha value is -0.830. The molecule has 1 atom stereocenters. The van der Waals surface area contributed by atoms with Gasteiger partial charge in [-0.3, -0.25) is 5.01 Å². The molecule has 0 saturated carbocycles. The van der Waals surface area contributed by atoms with Gasteiger partial charge in [0.15, 0.2) is 0 Å². The highest BCUT2D eigenvalue weighted by Gasteiger charge is 2.22. The number of hydrogen-bond acceptors (Lipinski definition) is 3. The first-order chi connectivity index (χ1) is 5.27. The fourth-order valence-electron chi connectivity index (χ4n) is 1.59. The van der Waals surface area contributed by atoms with E-state index in [0.717, 1.165) is 18.8 Å². The molecule has 0 aromatic rings. The van der Waals surface area contributed by atoms with Crippen LogP contribution in [0.25, 0.3) is 0 Å². The second kappa shape index (κ2) is 2.34. The molecule has 0 aromatic carbocycles. The number of hydrazine groups is 1. The summed E-state index contributed by atoms with van der Waals surface area (Å²) >= 11 is 0. The molecule has 2 rings (SSSR count). The number of rotatable bonds is 0. The maximum atomic E-state index is 4.37. The molecule has 2 aliphatic rings. The molecule has 60 valence electrons. The van der Waals surface area contributed by atoms with Gasteiger partial charge in [0.1, 0.15) is 5.82 Å². The minimum absolute atomic E-state index is 0.613. The standard InChI is InChI=1S/C8H13N3/c1-6-3-7-5-10-11(2)8(7)9-4-6/h4,6,10H,3,5H2,1-2H3. The molecule has 2 aliphatic heterocycles. The molecule has 0 saturated heterocycles. The van der Waals surface area contributed by atoms with Gasteiger partial charge >= 0.3 is 0 Å². The maximum absolute atomic E-state index is 4.37. The van der Waals surface area contributed by atoms with Crippen molar-refractivity contribution in [3.63, 3.8) is 0 Å². The highest BCUT2D eigenvalue weighted by Crippen LogP contribution is 2.24. The van der Waals surface area contributed by atoms with Crippen molar-refractivity contribution in [2.75, 3.05) is 13.6 Å². The van der Waals surface area contributed by atoms with Crippen molar-refractivity contribution < 1.29 is 0 Å². The molecule has 3 nitrogen and oxygen atoms in total. The van der Waals surface area contributed by atoms with E-state index in [2.05, 4.69) is 17.3 Å². The van der Waals surface area contributed by atoms with Crippen LogP contribution in [0.1, 0.15) is 13.3 Å². The molecule has 0 radical (unpaired) electrons. The fraction of sp³-hybridized carbons (Fsp3) is 0.625. The quantitative estimate of drug-likeness (QED) is 0.553. The fourth-order valence-corrected chi connectivity index (χ4v) is 1.59. The summed E-state index contributed by atoms with van der Waals surface area (Å²) in [5, 5.41) is 2.00. The van der Waals surface area contributed by atoms with Gasteiger partial charge in [0.05, 0.1) is 0 Å². The Labute approximate surface area is 66.8 Å². The van der Waals surface area contributed by atoms with E-state index in [4.69, 9.17) is 0 Å². The average Bonchev–Trinajstić information content (AvgIpc) is 2.32. The third-order valence-corrected chi connectivity index (χ3v) is 2.18. The van der Waals surface area contributed by atoms with Crippen molar-refractivity contribution in [3.05, 3.63) is 11.4 Å². The summed E-state index contributed by atoms with van der Waals surface area (Å²) in [5.74, 6) is 1.74. The number of nitrogens with one attached hydrogen (secondary N) is 1. The van der Waals surface area contributed by atoms with Crippen LogP contribution in [0, 0.1) is 5.92 Å². The normalized spacial score (nSPS) is 29.6. The Kier molecular flexibility index (Phi) is 1.46. The molecule has 0 spiro atoms. The Morgan fingerprint density at radius 1 is 1.73 bits per heavy atom. The van der Waals surface area contributed by atoms with Crippen molar-refractivity contribution in [1.29, 1.82) is 0 Å². The Balaban J connectivity index is 2.25. The van der Waals surface area contributed by atoms with Crippen molar-refractivity contribution in [2.45, 2.75) is 13.3 Å².